The van der Waals surface area contributed by atoms with Crippen LogP contribution in [-0.4, -0.2) is 11.8 Å². The first-order valence-corrected chi connectivity index (χ1v) is 6.36. The fourth-order valence-electron chi connectivity index (χ4n) is 1.67. The quantitative estimate of drug-likeness (QED) is 0.551. The maximum absolute atomic E-state index is 6.00. The summed E-state index contributed by atoms with van der Waals surface area (Å²) in [6, 6.07) is 0. The second-order valence-corrected chi connectivity index (χ2v) is 4.54. The van der Waals surface area contributed by atoms with Gasteiger partial charge >= 0.3 is 0 Å². The molecule has 0 aliphatic rings. The molecule has 13 heavy (non-hydrogen) atoms. The predicted octanol–water partition coefficient (Wildman–Crippen LogP) is 4.69. The lowest BCUT2D eigenvalue weighted by Crippen LogP contribution is -2.27. The van der Waals surface area contributed by atoms with Crippen molar-refractivity contribution in [2.24, 2.45) is 11.3 Å². The molecular weight excluding hydrogens is 203 g/mol. The summed E-state index contributed by atoms with van der Waals surface area (Å²) in [6.07, 6.45) is 4.76. The van der Waals surface area contributed by atoms with Crippen LogP contribution in [0.25, 0.3) is 0 Å². The molecule has 0 radical (unpaired) electrons. The Kier molecular flexibility index (Phi) is 7.26. The Labute approximate surface area is 93.0 Å². The molecular formula is C11H22Cl2. The second-order valence-electron chi connectivity index (χ2n) is 4.01. The largest absolute Gasteiger partial charge is 0.126 e. The minimum Gasteiger partial charge on any atom is -0.126 e. The van der Waals surface area contributed by atoms with Crippen molar-refractivity contribution in [2.75, 3.05) is 11.8 Å². The van der Waals surface area contributed by atoms with E-state index < -0.39 is 0 Å². The summed E-state index contributed by atoms with van der Waals surface area (Å²) < 4.78 is 0. The Morgan fingerprint density at radius 2 is 1.46 bits per heavy atom. The molecule has 0 aromatic carbocycles. The Balaban J connectivity index is 4.21. The van der Waals surface area contributed by atoms with Crippen LogP contribution < -0.4 is 0 Å². The zero-order chi connectivity index (χ0) is 10.3. The lowest BCUT2D eigenvalue weighted by atomic mass is 9.78. The molecule has 0 N–H and O–H groups in total. The van der Waals surface area contributed by atoms with E-state index in [0.717, 1.165) is 12.3 Å². The third-order valence-electron chi connectivity index (χ3n) is 3.19. The lowest BCUT2D eigenvalue weighted by molar-refractivity contribution is 0.256. The molecule has 0 atom stereocenters. The van der Waals surface area contributed by atoms with Crippen molar-refractivity contribution in [3.8, 4) is 0 Å². The highest BCUT2D eigenvalue weighted by Gasteiger charge is 2.28. The molecule has 0 nitrogen and oxygen atoms in total. The number of alkyl halides is 2. The van der Waals surface area contributed by atoms with Gasteiger partial charge in [-0.2, -0.15) is 0 Å². The van der Waals surface area contributed by atoms with Gasteiger partial charge in [0.25, 0.3) is 0 Å². The molecule has 0 fully saturated rings. The van der Waals surface area contributed by atoms with E-state index in [2.05, 4.69) is 20.8 Å². The maximum Gasteiger partial charge on any atom is 0.0291 e. The van der Waals surface area contributed by atoms with Crippen LogP contribution in [0.1, 0.15) is 46.5 Å². The molecule has 0 aliphatic carbocycles. The van der Waals surface area contributed by atoms with Crippen LogP contribution in [0.2, 0.25) is 0 Å². The van der Waals surface area contributed by atoms with Crippen molar-refractivity contribution in [1.29, 1.82) is 0 Å². The normalized spacial score (nSPS) is 12.5. The fraction of sp³-hybridized carbons (Fsp3) is 1.00. The molecule has 0 amide bonds. The number of hydrogen-bond acceptors (Lipinski definition) is 0. The first kappa shape index (κ1) is 13.6. The Morgan fingerprint density at radius 1 is 1.00 bits per heavy atom. The molecule has 0 aromatic rings. The van der Waals surface area contributed by atoms with Gasteiger partial charge in [0, 0.05) is 11.8 Å². The van der Waals surface area contributed by atoms with Gasteiger partial charge in [-0.1, -0.05) is 33.6 Å². The van der Waals surface area contributed by atoms with E-state index in [-0.39, 0.29) is 5.41 Å². The zero-order valence-corrected chi connectivity index (χ0v) is 10.6. The molecule has 2 heteroatoms. The van der Waals surface area contributed by atoms with E-state index in [9.17, 15) is 0 Å². The van der Waals surface area contributed by atoms with Crippen LogP contribution in [0.4, 0.5) is 0 Å². The summed E-state index contributed by atoms with van der Waals surface area (Å²) in [4.78, 5) is 0. The van der Waals surface area contributed by atoms with Gasteiger partial charge in [0.1, 0.15) is 0 Å². The van der Waals surface area contributed by atoms with Gasteiger partial charge in [0.15, 0.2) is 0 Å². The number of halogens is 2. The van der Waals surface area contributed by atoms with Crippen LogP contribution in [0.3, 0.4) is 0 Å². The third-order valence-corrected chi connectivity index (χ3v) is 4.33. The average molecular weight is 225 g/mol. The van der Waals surface area contributed by atoms with E-state index in [1.54, 1.807) is 0 Å². The summed E-state index contributed by atoms with van der Waals surface area (Å²) in [5.41, 5.74) is 0.180. The van der Waals surface area contributed by atoms with Crippen molar-refractivity contribution >= 4 is 23.2 Å². The smallest absolute Gasteiger partial charge is 0.0291 e. The van der Waals surface area contributed by atoms with Crippen molar-refractivity contribution in [1.82, 2.24) is 0 Å². The van der Waals surface area contributed by atoms with Gasteiger partial charge in [-0.05, 0) is 24.2 Å². The van der Waals surface area contributed by atoms with Gasteiger partial charge in [-0.3, -0.25) is 0 Å². The van der Waals surface area contributed by atoms with Crippen LogP contribution in [0, 0.1) is 11.3 Å². The minimum atomic E-state index is 0.180. The lowest BCUT2D eigenvalue weighted by Gasteiger charge is -2.31. The van der Waals surface area contributed by atoms with E-state index in [4.69, 9.17) is 23.2 Å². The summed E-state index contributed by atoms with van der Waals surface area (Å²) in [6.45, 7) is 6.68. The minimum absolute atomic E-state index is 0.180. The van der Waals surface area contributed by atoms with Gasteiger partial charge in [0.05, 0.1) is 0 Å². The molecule has 80 valence electrons. The van der Waals surface area contributed by atoms with Crippen molar-refractivity contribution in [3.05, 3.63) is 0 Å². The van der Waals surface area contributed by atoms with Crippen LogP contribution in [0.15, 0.2) is 0 Å². The predicted molar refractivity (Wildman–Crippen MR) is 62.9 cm³/mol. The van der Waals surface area contributed by atoms with Gasteiger partial charge in [-0.25, -0.2) is 0 Å². The van der Waals surface area contributed by atoms with Crippen molar-refractivity contribution in [2.45, 2.75) is 46.5 Å². The molecule has 0 spiro atoms. The molecule has 0 saturated heterocycles. The summed E-state index contributed by atoms with van der Waals surface area (Å²) in [7, 11) is 0. The highest BCUT2D eigenvalue weighted by Crippen LogP contribution is 2.35. The first-order chi connectivity index (χ1) is 6.17. The van der Waals surface area contributed by atoms with E-state index >= 15 is 0 Å². The average Bonchev–Trinajstić information content (AvgIpc) is 2.21. The number of hydrogen-bond donors (Lipinski definition) is 0. The Hall–Kier alpha value is 0.580. The zero-order valence-electron chi connectivity index (χ0n) is 9.08. The molecule has 0 unspecified atom stereocenters. The van der Waals surface area contributed by atoms with E-state index in [1.807, 2.05) is 0 Å². The Bertz CT molecular complexity index is 107. The molecule has 0 aromatic heterocycles. The monoisotopic (exact) mass is 224 g/mol. The number of rotatable bonds is 7. The van der Waals surface area contributed by atoms with Crippen molar-refractivity contribution < 1.29 is 0 Å². The van der Waals surface area contributed by atoms with Crippen molar-refractivity contribution in [3.63, 3.8) is 0 Å². The van der Waals surface area contributed by atoms with E-state index in [1.165, 1.54) is 19.3 Å². The highest BCUT2D eigenvalue weighted by atomic mass is 35.5. The van der Waals surface area contributed by atoms with Gasteiger partial charge in [0.2, 0.25) is 0 Å². The third kappa shape index (κ3) is 4.08. The molecule has 0 rings (SSSR count). The molecule has 0 saturated carbocycles. The molecule has 0 bridgehead atoms. The summed E-state index contributed by atoms with van der Waals surface area (Å²) in [5.74, 6) is 2.19. The molecule has 0 heterocycles. The van der Waals surface area contributed by atoms with Crippen LogP contribution in [-0.2, 0) is 0 Å². The van der Waals surface area contributed by atoms with Crippen LogP contribution in [0.5, 0.6) is 0 Å². The summed E-state index contributed by atoms with van der Waals surface area (Å²) in [5, 5.41) is 0. The molecule has 0 aliphatic heterocycles. The fourth-order valence-corrected chi connectivity index (χ4v) is 2.55. The van der Waals surface area contributed by atoms with E-state index in [0.29, 0.717) is 11.8 Å². The summed E-state index contributed by atoms with van der Waals surface area (Å²) >= 11 is 12.0. The first-order valence-electron chi connectivity index (χ1n) is 5.29. The highest BCUT2D eigenvalue weighted by molar-refractivity contribution is 6.21. The van der Waals surface area contributed by atoms with Gasteiger partial charge < -0.3 is 0 Å². The standard InChI is InChI=1S/C11H22Cl2/c1-4-10(5-2)7-11(6-3,8-12)9-13/h10H,4-9H2,1-3H3. The Morgan fingerprint density at radius 3 is 1.69 bits per heavy atom. The SMILES string of the molecule is CCC(CC)CC(CC)(CCl)CCl. The van der Waals surface area contributed by atoms with Crippen LogP contribution >= 0.6 is 23.2 Å². The topological polar surface area (TPSA) is 0 Å². The maximum atomic E-state index is 6.00. The second kappa shape index (κ2) is 6.95. The van der Waals surface area contributed by atoms with Gasteiger partial charge in [-0.15, -0.1) is 23.2 Å².